The summed E-state index contributed by atoms with van der Waals surface area (Å²) in [6.45, 7) is 0. The van der Waals surface area contributed by atoms with Crippen LogP contribution in [0.2, 0.25) is 0 Å². The van der Waals surface area contributed by atoms with Crippen LogP contribution >= 0.6 is 0 Å². The molecule has 1 N–H and O–H groups in total. The molecule has 2 aromatic heterocycles. The molecule has 4 aromatic rings. The summed E-state index contributed by atoms with van der Waals surface area (Å²) in [6, 6.07) is 18.8. The molecule has 2 aromatic carbocycles. The van der Waals surface area contributed by atoms with Gasteiger partial charge in [0.25, 0.3) is 0 Å². The van der Waals surface area contributed by atoms with Gasteiger partial charge in [0.15, 0.2) is 0 Å². The quantitative estimate of drug-likeness (QED) is 0.549. The number of pyridine rings is 1. The lowest BCUT2D eigenvalue weighted by molar-refractivity contribution is 0.172. The molecule has 23 heavy (non-hydrogen) atoms. The van der Waals surface area contributed by atoms with Crippen LogP contribution in [-0.2, 0) is 6.42 Å². The van der Waals surface area contributed by atoms with Gasteiger partial charge in [-0.05, 0) is 36.6 Å². The van der Waals surface area contributed by atoms with Crippen molar-refractivity contribution in [3.8, 4) is 5.75 Å². The number of aromatic amines is 1. The van der Waals surface area contributed by atoms with Crippen molar-refractivity contribution in [3.63, 3.8) is 0 Å². The molecule has 5 rings (SSSR count). The molecule has 1 aliphatic rings. The Labute approximate surface area is 133 Å². The van der Waals surface area contributed by atoms with Gasteiger partial charge in [0.2, 0.25) is 0 Å². The third kappa shape index (κ3) is 2.00. The Hall–Kier alpha value is -2.81. The monoisotopic (exact) mass is 300 g/mol. The molecule has 1 atom stereocenters. The number of fused-ring (bicyclic) bond motifs is 4. The van der Waals surface area contributed by atoms with E-state index < -0.39 is 0 Å². The van der Waals surface area contributed by atoms with E-state index in [0.717, 1.165) is 35.3 Å². The minimum Gasteiger partial charge on any atom is -0.484 e. The van der Waals surface area contributed by atoms with E-state index in [0.29, 0.717) is 0 Å². The van der Waals surface area contributed by atoms with Gasteiger partial charge in [-0.2, -0.15) is 0 Å². The SMILES string of the molecule is c1ccc2c(c1)CCC(c1cc3c(cn1)[nH]c1ccccc13)O2. The van der Waals surface area contributed by atoms with Gasteiger partial charge in [-0.3, -0.25) is 4.98 Å². The van der Waals surface area contributed by atoms with Crippen LogP contribution in [0.3, 0.4) is 0 Å². The molecule has 0 amide bonds. The first kappa shape index (κ1) is 12.7. The maximum absolute atomic E-state index is 6.18. The third-order valence-electron chi connectivity index (χ3n) is 4.66. The zero-order valence-corrected chi connectivity index (χ0v) is 12.6. The van der Waals surface area contributed by atoms with Crippen LogP contribution in [0.25, 0.3) is 21.8 Å². The summed E-state index contributed by atoms with van der Waals surface area (Å²) >= 11 is 0. The standard InChI is InChI=1S/C20H16N2O/c1-4-8-19-13(5-1)9-10-20(23-19)17-11-15-14-6-2-3-7-16(14)22-18(15)12-21-17/h1-8,11-12,20,22H,9-10H2. The zero-order chi connectivity index (χ0) is 15.2. The molecule has 0 saturated carbocycles. The van der Waals surface area contributed by atoms with Gasteiger partial charge in [-0.15, -0.1) is 0 Å². The second-order valence-electron chi connectivity index (χ2n) is 6.08. The highest BCUT2D eigenvalue weighted by atomic mass is 16.5. The van der Waals surface area contributed by atoms with Gasteiger partial charge < -0.3 is 9.72 Å². The Balaban J connectivity index is 1.60. The fourth-order valence-corrected chi connectivity index (χ4v) is 3.47. The summed E-state index contributed by atoms with van der Waals surface area (Å²) in [5.74, 6) is 0.990. The molecular weight excluding hydrogens is 284 g/mol. The molecule has 0 saturated heterocycles. The van der Waals surface area contributed by atoms with Crippen LogP contribution in [0.15, 0.2) is 60.8 Å². The summed E-state index contributed by atoms with van der Waals surface area (Å²) in [4.78, 5) is 8.06. The molecule has 0 spiro atoms. The van der Waals surface area contributed by atoms with Crippen molar-refractivity contribution in [2.75, 3.05) is 0 Å². The van der Waals surface area contributed by atoms with E-state index in [1.807, 2.05) is 24.4 Å². The smallest absolute Gasteiger partial charge is 0.141 e. The number of benzene rings is 2. The number of aryl methyl sites for hydroxylation is 1. The Morgan fingerprint density at radius 3 is 2.83 bits per heavy atom. The molecule has 3 nitrogen and oxygen atoms in total. The maximum atomic E-state index is 6.18. The van der Waals surface area contributed by atoms with Crippen LogP contribution in [-0.4, -0.2) is 9.97 Å². The lowest BCUT2D eigenvalue weighted by Gasteiger charge is -2.25. The van der Waals surface area contributed by atoms with Gasteiger partial charge in [-0.25, -0.2) is 0 Å². The number of aromatic nitrogens is 2. The molecular formula is C20H16N2O. The van der Waals surface area contributed by atoms with Crippen molar-refractivity contribution in [1.29, 1.82) is 0 Å². The largest absolute Gasteiger partial charge is 0.484 e. The molecule has 0 aliphatic carbocycles. The Kier molecular flexibility index (Phi) is 2.68. The Morgan fingerprint density at radius 2 is 1.83 bits per heavy atom. The normalized spacial score (nSPS) is 17.1. The van der Waals surface area contributed by atoms with Crippen LogP contribution < -0.4 is 4.74 Å². The molecule has 1 unspecified atom stereocenters. The topological polar surface area (TPSA) is 37.9 Å². The molecule has 0 radical (unpaired) electrons. The number of hydrogen-bond acceptors (Lipinski definition) is 2. The van der Waals surface area contributed by atoms with Gasteiger partial charge in [0.05, 0.1) is 17.4 Å². The highest BCUT2D eigenvalue weighted by Gasteiger charge is 2.22. The Morgan fingerprint density at radius 1 is 0.957 bits per heavy atom. The molecule has 1 aliphatic heterocycles. The minimum atomic E-state index is 0.0305. The van der Waals surface area contributed by atoms with E-state index in [4.69, 9.17) is 4.74 Å². The van der Waals surface area contributed by atoms with Crippen LogP contribution in [0.5, 0.6) is 5.75 Å². The summed E-state index contributed by atoms with van der Waals surface area (Å²) in [5, 5.41) is 2.45. The van der Waals surface area contributed by atoms with Crippen molar-refractivity contribution in [3.05, 3.63) is 72.1 Å². The van der Waals surface area contributed by atoms with Gasteiger partial charge >= 0.3 is 0 Å². The minimum absolute atomic E-state index is 0.0305. The number of nitrogens with zero attached hydrogens (tertiary/aromatic N) is 1. The van der Waals surface area contributed by atoms with Crippen molar-refractivity contribution < 1.29 is 4.74 Å². The summed E-state index contributed by atoms with van der Waals surface area (Å²) < 4.78 is 6.18. The first-order valence-corrected chi connectivity index (χ1v) is 7.99. The maximum Gasteiger partial charge on any atom is 0.141 e. The van der Waals surface area contributed by atoms with Crippen LogP contribution in [0, 0.1) is 0 Å². The van der Waals surface area contributed by atoms with Crippen LogP contribution in [0.4, 0.5) is 0 Å². The summed E-state index contributed by atoms with van der Waals surface area (Å²) in [7, 11) is 0. The highest BCUT2D eigenvalue weighted by molar-refractivity contribution is 6.06. The number of nitrogens with one attached hydrogen (secondary N) is 1. The van der Waals surface area contributed by atoms with E-state index >= 15 is 0 Å². The van der Waals surface area contributed by atoms with E-state index in [-0.39, 0.29) is 6.10 Å². The molecule has 0 bridgehead atoms. The fourth-order valence-electron chi connectivity index (χ4n) is 3.47. The van der Waals surface area contributed by atoms with Crippen molar-refractivity contribution in [2.45, 2.75) is 18.9 Å². The summed E-state index contributed by atoms with van der Waals surface area (Å²) in [6.07, 6.45) is 3.96. The van der Waals surface area contributed by atoms with E-state index in [1.165, 1.54) is 16.3 Å². The van der Waals surface area contributed by atoms with Gasteiger partial charge in [-0.1, -0.05) is 36.4 Å². The fraction of sp³-hybridized carbons (Fsp3) is 0.150. The second kappa shape index (κ2) is 4.85. The number of ether oxygens (including phenoxy) is 1. The molecule has 112 valence electrons. The van der Waals surface area contributed by atoms with E-state index in [1.54, 1.807) is 0 Å². The molecule has 0 fully saturated rings. The number of hydrogen-bond donors (Lipinski definition) is 1. The van der Waals surface area contributed by atoms with E-state index in [2.05, 4.69) is 46.4 Å². The molecule has 3 heteroatoms. The predicted octanol–water partition coefficient (Wildman–Crippen LogP) is 4.78. The number of para-hydroxylation sites is 2. The van der Waals surface area contributed by atoms with Crippen molar-refractivity contribution in [2.24, 2.45) is 0 Å². The first-order valence-electron chi connectivity index (χ1n) is 7.99. The van der Waals surface area contributed by atoms with Crippen LogP contribution in [0.1, 0.15) is 23.8 Å². The third-order valence-corrected chi connectivity index (χ3v) is 4.66. The Bertz CT molecular complexity index is 1020. The van der Waals surface area contributed by atoms with Crippen molar-refractivity contribution >= 4 is 21.8 Å². The predicted molar refractivity (Wildman–Crippen MR) is 91.7 cm³/mol. The van der Waals surface area contributed by atoms with E-state index in [9.17, 15) is 0 Å². The lowest BCUT2D eigenvalue weighted by atomic mass is 9.99. The van der Waals surface area contributed by atoms with Crippen molar-refractivity contribution in [1.82, 2.24) is 9.97 Å². The highest BCUT2D eigenvalue weighted by Crippen LogP contribution is 2.35. The van der Waals surface area contributed by atoms with Gasteiger partial charge in [0, 0.05) is 16.3 Å². The zero-order valence-electron chi connectivity index (χ0n) is 12.6. The lowest BCUT2D eigenvalue weighted by Crippen LogP contribution is -2.16. The molecule has 3 heterocycles. The second-order valence-corrected chi connectivity index (χ2v) is 6.08. The summed E-state index contributed by atoms with van der Waals surface area (Å²) in [5.41, 5.74) is 4.52. The first-order chi connectivity index (χ1) is 11.4. The average Bonchev–Trinajstić information content (AvgIpc) is 2.99. The van der Waals surface area contributed by atoms with Gasteiger partial charge in [0.1, 0.15) is 11.9 Å². The number of H-pyrrole nitrogens is 1. The number of rotatable bonds is 1. The average molecular weight is 300 g/mol.